The van der Waals surface area contributed by atoms with Gasteiger partial charge < -0.3 is 19.9 Å². The van der Waals surface area contributed by atoms with Crippen molar-refractivity contribution < 1.29 is 24.2 Å². The number of carboxylic acids is 1. The van der Waals surface area contributed by atoms with E-state index >= 15 is 0 Å². The lowest BCUT2D eigenvalue weighted by Gasteiger charge is -2.16. The Labute approximate surface area is 140 Å². The SMILES string of the molecule is C=CCOCC(NC(=O)Cc1cccc(Cl)c1OCC)C(=O)O. The van der Waals surface area contributed by atoms with Crippen LogP contribution in [0.3, 0.4) is 0 Å². The predicted octanol–water partition coefficient (Wildman–Crippen LogP) is 2.05. The maximum absolute atomic E-state index is 12.1. The summed E-state index contributed by atoms with van der Waals surface area (Å²) in [6.07, 6.45) is 1.46. The van der Waals surface area contributed by atoms with Gasteiger partial charge in [0, 0.05) is 5.56 Å². The zero-order chi connectivity index (χ0) is 17.2. The number of aliphatic carboxylic acids is 1. The van der Waals surface area contributed by atoms with Crippen molar-refractivity contribution in [3.05, 3.63) is 41.4 Å². The number of halogens is 1. The molecule has 0 saturated heterocycles. The van der Waals surface area contributed by atoms with E-state index in [1.807, 2.05) is 6.92 Å². The fourth-order valence-corrected chi connectivity index (χ4v) is 2.11. The number of hydrogen-bond acceptors (Lipinski definition) is 4. The number of ether oxygens (including phenoxy) is 2. The van der Waals surface area contributed by atoms with Crippen LogP contribution >= 0.6 is 11.6 Å². The molecule has 126 valence electrons. The number of benzene rings is 1. The quantitative estimate of drug-likeness (QED) is 0.502. The minimum atomic E-state index is -1.17. The summed E-state index contributed by atoms with van der Waals surface area (Å²) in [5, 5.41) is 11.9. The molecule has 7 heteroatoms. The molecule has 0 saturated carbocycles. The van der Waals surface area contributed by atoms with Crippen LogP contribution in [-0.2, 0) is 20.7 Å². The first-order valence-corrected chi connectivity index (χ1v) is 7.48. The molecule has 0 spiro atoms. The van der Waals surface area contributed by atoms with Gasteiger partial charge in [0.25, 0.3) is 0 Å². The fourth-order valence-electron chi connectivity index (χ4n) is 1.86. The third kappa shape index (κ3) is 6.30. The summed E-state index contributed by atoms with van der Waals surface area (Å²) in [6, 6.07) is 3.95. The molecule has 0 bridgehead atoms. The summed E-state index contributed by atoms with van der Waals surface area (Å²) in [7, 11) is 0. The summed E-state index contributed by atoms with van der Waals surface area (Å²) < 4.78 is 10.5. The molecule has 0 aliphatic heterocycles. The van der Waals surface area contributed by atoms with Crippen LogP contribution in [0.1, 0.15) is 12.5 Å². The first-order chi connectivity index (χ1) is 11.0. The molecule has 1 unspecified atom stereocenters. The summed E-state index contributed by atoms with van der Waals surface area (Å²) in [6.45, 7) is 5.76. The van der Waals surface area contributed by atoms with Gasteiger partial charge in [-0.05, 0) is 13.0 Å². The van der Waals surface area contributed by atoms with E-state index in [0.717, 1.165) is 0 Å². The molecule has 0 aliphatic rings. The van der Waals surface area contributed by atoms with Crippen molar-refractivity contribution in [2.45, 2.75) is 19.4 Å². The van der Waals surface area contributed by atoms with Crippen molar-refractivity contribution in [2.24, 2.45) is 0 Å². The number of carbonyl (C=O) groups is 2. The molecule has 6 nitrogen and oxygen atoms in total. The Morgan fingerprint density at radius 1 is 1.48 bits per heavy atom. The van der Waals surface area contributed by atoms with Crippen molar-refractivity contribution in [1.82, 2.24) is 5.32 Å². The Hall–Kier alpha value is -2.05. The Kier molecular flexibility index (Phi) is 8.15. The zero-order valence-corrected chi connectivity index (χ0v) is 13.6. The highest BCUT2D eigenvalue weighted by molar-refractivity contribution is 6.32. The number of amides is 1. The number of nitrogens with one attached hydrogen (secondary N) is 1. The molecule has 1 aromatic carbocycles. The van der Waals surface area contributed by atoms with E-state index in [-0.39, 0.29) is 19.6 Å². The van der Waals surface area contributed by atoms with E-state index in [9.17, 15) is 9.59 Å². The summed E-state index contributed by atoms with van der Waals surface area (Å²) in [4.78, 5) is 23.2. The second-order valence-electron chi connectivity index (χ2n) is 4.62. The molecular formula is C16H20ClNO5. The van der Waals surface area contributed by atoms with E-state index < -0.39 is 17.9 Å². The highest BCUT2D eigenvalue weighted by Crippen LogP contribution is 2.29. The summed E-state index contributed by atoms with van der Waals surface area (Å²) >= 11 is 6.05. The molecular weight excluding hydrogens is 322 g/mol. The van der Waals surface area contributed by atoms with Crippen molar-refractivity contribution in [3.8, 4) is 5.75 Å². The van der Waals surface area contributed by atoms with Gasteiger partial charge in [-0.25, -0.2) is 4.79 Å². The van der Waals surface area contributed by atoms with E-state index in [0.29, 0.717) is 22.9 Å². The number of para-hydroxylation sites is 1. The van der Waals surface area contributed by atoms with Gasteiger partial charge in [-0.3, -0.25) is 4.79 Å². The average molecular weight is 342 g/mol. The molecule has 0 heterocycles. The van der Waals surface area contributed by atoms with Crippen molar-refractivity contribution in [3.63, 3.8) is 0 Å². The summed E-state index contributed by atoms with van der Waals surface area (Å²) in [5.41, 5.74) is 0.591. The third-order valence-corrected chi connectivity index (χ3v) is 3.14. The van der Waals surface area contributed by atoms with Crippen molar-refractivity contribution in [2.75, 3.05) is 19.8 Å². The minimum absolute atomic E-state index is 0.0405. The van der Waals surface area contributed by atoms with Gasteiger partial charge in [-0.15, -0.1) is 6.58 Å². The highest BCUT2D eigenvalue weighted by Gasteiger charge is 2.21. The fraction of sp³-hybridized carbons (Fsp3) is 0.375. The van der Waals surface area contributed by atoms with Crippen LogP contribution in [0.25, 0.3) is 0 Å². The molecule has 2 N–H and O–H groups in total. The number of rotatable bonds is 10. The Bertz CT molecular complexity index is 561. The highest BCUT2D eigenvalue weighted by atomic mass is 35.5. The Morgan fingerprint density at radius 2 is 2.22 bits per heavy atom. The Balaban J connectivity index is 2.72. The van der Waals surface area contributed by atoms with Gasteiger partial charge in [0.05, 0.1) is 31.3 Å². The van der Waals surface area contributed by atoms with Crippen LogP contribution in [0.4, 0.5) is 0 Å². The van der Waals surface area contributed by atoms with E-state index in [1.54, 1.807) is 18.2 Å². The lowest BCUT2D eigenvalue weighted by Crippen LogP contribution is -2.44. The van der Waals surface area contributed by atoms with Crippen molar-refractivity contribution >= 4 is 23.5 Å². The molecule has 1 rings (SSSR count). The zero-order valence-electron chi connectivity index (χ0n) is 12.9. The smallest absolute Gasteiger partial charge is 0.328 e. The maximum atomic E-state index is 12.1. The lowest BCUT2D eigenvalue weighted by atomic mass is 10.1. The van der Waals surface area contributed by atoms with E-state index in [2.05, 4.69) is 11.9 Å². The van der Waals surface area contributed by atoms with Crippen LogP contribution in [0.2, 0.25) is 5.02 Å². The van der Waals surface area contributed by atoms with Crippen LogP contribution in [0, 0.1) is 0 Å². The van der Waals surface area contributed by atoms with Crippen LogP contribution in [0.5, 0.6) is 5.75 Å². The molecule has 1 atom stereocenters. The molecule has 0 aromatic heterocycles. The second-order valence-corrected chi connectivity index (χ2v) is 5.03. The van der Waals surface area contributed by atoms with Crippen LogP contribution < -0.4 is 10.1 Å². The maximum Gasteiger partial charge on any atom is 0.328 e. The standard InChI is InChI=1S/C16H20ClNO5/c1-3-8-22-10-13(16(20)21)18-14(19)9-11-6-5-7-12(17)15(11)23-4-2/h3,5-7,13H,1,4,8-10H2,2H3,(H,18,19)(H,20,21). The average Bonchev–Trinajstić information content (AvgIpc) is 2.50. The van der Waals surface area contributed by atoms with Gasteiger partial charge in [0.2, 0.25) is 5.91 Å². The predicted molar refractivity (Wildman–Crippen MR) is 86.9 cm³/mol. The topological polar surface area (TPSA) is 84.9 Å². The first kappa shape index (κ1) is 19.0. The van der Waals surface area contributed by atoms with Gasteiger partial charge in [-0.2, -0.15) is 0 Å². The number of carbonyl (C=O) groups excluding carboxylic acids is 1. The number of hydrogen-bond donors (Lipinski definition) is 2. The molecule has 0 aliphatic carbocycles. The van der Waals surface area contributed by atoms with Gasteiger partial charge >= 0.3 is 5.97 Å². The molecule has 0 fully saturated rings. The second kappa shape index (κ2) is 9.86. The molecule has 23 heavy (non-hydrogen) atoms. The molecule has 0 radical (unpaired) electrons. The van der Waals surface area contributed by atoms with Gasteiger partial charge in [0.1, 0.15) is 5.75 Å². The monoisotopic (exact) mass is 341 g/mol. The van der Waals surface area contributed by atoms with Crippen LogP contribution in [0.15, 0.2) is 30.9 Å². The van der Waals surface area contributed by atoms with Crippen molar-refractivity contribution in [1.29, 1.82) is 0 Å². The summed E-state index contributed by atoms with van der Waals surface area (Å²) in [5.74, 6) is -1.19. The normalized spacial score (nSPS) is 11.6. The van der Waals surface area contributed by atoms with Crippen LogP contribution in [-0.4, -0.2) is 42.8 Å². The van der Waals surface area contributed by atoms with E-state index in [4.69, 9.17) is 26.2 Å². The third-order valence-electron chi connectivity index (χ3n) is 2.84. The lowest BCUT2D eigenvalue weighted by molar-refractivity contribution is -0.143. The van der Waals surface area contributed by atoms with Gasteiger partial charge in [-0.1, -0.05) is 29.8 Å². The van der Waals surface area contributed by atoms with E-state index in [1.165, 1.54) is 6.08 Å². The first-order valence-electron chi connectivity index (χ1n) is 7.10. The minimum Gasteiger partial charge on any atom is -0.492 e. The molecule has 1 amide bonds. The largest absolute Gasteiger partial charge is 0.492 e. The number of carboxylic acid groups (broad SMARTS) is 1. The van der Waals surface area contributed by atoms with Gasteiger partial charge in [0.15, 0.2) is 6.04 Å². The Morgan fingerprint density at radius 3 is 2.83 bits per heavy atom. The molecule has 1 aromatic rings.